The Balaban J connectivity index is 1.71. The van der Waals surface area contributed by atoms with E-state index >= 15 is 0 Å². The molecule has 2 atom stereocenters. The summed E-state index contributed by atoms with van der Waals surface area (Å²) in [5.74, 6) is 0.722. The molecule has 0 saturated heterocycles. The van der Waals surface area contributed by atoms with Gasteiger partial charge in [-0.25, -0.2) is 0 Å². The molecule has 1 aliphatic rings. The summed E-state index contributed by atoms with van der Waals surface area (Å²) in [6.07, 6.45) is 2.75. The molecule has 1 saturated carbocycles. The largest absolute Gasteiger partial charge is 0.392 e. The van der Waals surface area contributed by atoms with Gasteiger partial charge in [0.2, 0.25) is 6.39 Å². The second-order valence-corrected chi connectivity index (χ2v) is 4.68. The van der Waals surface area contributed by atoms with E-state index < -0.39 is 0 Å². The minimum absolute atomic E-state index is 0.0166. The summed E-state index contributed by atoms with van der Waals surface area (Å²) in [6, 6.07) is 0.388. The number of nitrogens with one attached hydrogen (secondary N) is 1. The van der Waals surface area contributed by atoms with Crippen LogP contribution in [0.15, 0.2) is 10.9 Å². The lowest BCUT2D eigenvalue weighted by Crippen LogP contribution is -2.60. The number of aromatic nitrogens is 2. The molecule has 0 aromatic carbocycles. The molecule has 0 amide bonds. The van der Waals surface area contributed by atoms with Gasteiger partial charge in [0, 0.05) is 24.4 Å². The van der Waals surface area contributed by atoms with E-state index in [1.165, 1.54) is 6.39 Å². The van der Waals surface area contributed by atoms with E-state index in [0.29, 0.717) is 6.04 Å². The maximum absolute atomic E-state index is 9.55. The quantitative estimate of drug-likeness (QED) is 0.752. The van der Waals surface area contributed by atoms with Gasteiger partial charge >= 0.3 is 0 Å². The topological polar surface area (TPSA) is 71.2 Å². The molecule has 84 valence electrons. The van der Waals surface area contributed by atoms with Gasteiger partial charge in [-0.15, -0.1) is 0 Å². The first-order valence-electron chi connectivity index (χ1n) is 5.27. The zero-order valence-corrected chi connectivity index (χ0v) is 9.10. The minimum atomic E-state index is -0.180. The molecule has 2 rings (SSSR count). The van der Waals surface area contributed by atoms with Gasteiger partial charge < -0.3 is 14.9 Å². The van der Waals surface area contributed by atoms with Crippen molar-refractivity contribution in [2.75, 3.05) is 6.54 Å². The summed E-state index contributed by atoms with van der Waals surface area (Å²) in [6.45, 7) is 4.97. The van der Waals surface area contributed by atoms with Gasteiger partial charge in [-0.1, -0.05) is 19.0 Å². The maximum Gasteiger partial charge on any atom is 0.213 e. The van der Waals surface area contributed by atoms with Crippen LogP contribution in [0.2, 0.25) is 0 Å². The molecule has 5 nitrogen and oxygen atoms in total. The molecule has 1 heterocycles. The Hall–Kier alpha value is -0.940. The van der Waals surface area contributed by atoms with Gasteiger partial charge in [0.1, 0.15) is 0 Å². The Morgan fingerprint density at radius 2 is 2.47 bits per heavy atom. The molecule has 15 heavy (non-hydrogen) atoms. The number of hydrogen-bond acceptors (Lipinski definition) is 5. The van der Waals surface area contributed by atoms with Crippen molar-refractivity contribution in [1.82, 2.24) is 15.5 Å². The molecule has 5 heteroatoms. The van der Waals surface area contributed by atoms with Crippen LogP contribution in [0.3, 0.4) is 0 Å². The zero-order valence-electron chi connectivity index (χ0n) is 9.10. The SMILES string of the molecule is CC1(C)C(O)CC1NCCc1ncon1. The van der Waals surface area contributed by atoms with Crippen LogP contribution in [0.4, 0.5) is 0 Å². The number of rotatable bonds is 4. The zero-order chi connectivity index (χ0) is 10.9. The molecule has 0 spiro atoms. The Morgan fingerprint density at radius 3 is 3.00 bits per heavy atom. The fourth-order valence-electron chi connectivity index (χ4n) is 1.91. The number of aliphatic hydroxyl groups excluding tert-OH is 1. The molecule has 2 unspecified atom stereocenters. The summed E-state index contributed by atoms with van der Waals surface area (Å²) < 4.78 is 4.64. The van der Waals surface area contributed by atoms with Gasteiger partial charge in [0.05, 0.1) is 6.10 Å². The summed E-state index contributed by atoms with van der Waals surface area (Å²) in [4.78, 5) is 3.94. The predicted octanol–water partition coefficient (Wildman–Crippen LogP) is 0.361. The first-order chi connectivity index (χ1) is 7.10. The van der Waals surface area contributed by atoms with Gasteiger partial charge in [-0.05, 0) is 6.42 Å². The van der Waals surface area contributed by atoms with Gasteiger partial charge in [0.15, 0.2) is 5.82 Å². The third-order valence-corrected chi connectivity index (χ3v) is 3.36. The Morgan fingerprint density at radius 1 is 1.67 bits per heavy atom. The van der Waals surface area contributed by atoms with Crippen LogP contribution in [-0.4, -0.2) is 33.9 Å². The highest BCUT2D eigenvalue weighted by Crippen LogP contribution is 2.40. The van der Waals surface area contributed by atoms with Crippen molar-refractivity contribution in [2.24, 2.45) is 5.41 Å². The smallest absolute Gasteiger partial charge is 0.213 e. The van der Waals surface area contributed by atoms with Crippen LogP contribution in [0.25, 0.3) is 0 Å². The summed E-state index contributed by atoms with van der Waals surface area (Å²) in [5.41, 5.74) is -0.0166. The van der Waals surface area contributed by atoms with Gasteiger partial charge in [-0.2, -0.15) is 4.98 Å². The van der Waals surface area contributed by atoms with Gasteiger partial charge in [-0.3, -0.25) is 0 Å². The van der Waals surface area contributed by atoms with Crippen LogP contribution >= 0.6 is 0 Å². The third-order valence-electron chi connectivity index (χ3n) is 3.36. The van der Waals surface area contributed by atoms with Crippen molar-refractivity contribution in [1.29, 1.82) is 0 Å². The number of hydrogen-bond donors (Lipinski definition) is 2. The van der Waals surface area contributed by atoms with E-state index in [9.17, 15) is 5.11 Å². The highest BCUT2D eigenvalue weighted by molar-refractivity contribution is 5.01. The van der Waals surface area contributed by atoms with E-state index in [1.807, 2.05) is 0 Å². The molecule has 2 N–H and O–H groups in total. The number of nitrogens with zero attached hydrogens (tertiary/aromatic N) is 2. The third kappa shape index (κ3) is 2.03. The van der Waals surface area contributed by atoms with Crippen molar-refractivity contribution in [3.05, 3.63) is 12.2 Å². The van der Waals surface area contributed by atoms with Crippen LogP contribution in [0, 0.1) is 5.41 Å². The first-order valence-corrected chi connectivity index (χ1v) is 5.27. The average molecular weight is 211 g/mol. The molecule has 1 fully saturated rings. The summed E-state index contributed by atoms with van der Waals surface area (Å²) >= 11 is 0. The van der Waals surface area contributed by atoms with Crippen LogP contribution in [0.5, 0.6) is 0 Å². The predicted molar refractivity (Wildman–Crippen MR) is 54.2 cm³/mol. The van der Waals surface area contributed by atoms with E-state index in [1.54, 1.807) is 0 Å². The van der Waals surface area contributed by atoms with E-state index in [4.69, 9.17) is 0 Å². The highest BCUT2D eigenvalue weighted by atomic mass is 16.5. The second kappa shape index (κ2) is 3.90. The first kappa shape index (κ1) is 10.6. The summed E-state index contributed by atoms with van der Waals surface area (Å²) in [5, 5.41) is 16.7. The molecular formula is C10H17N3O2. The molecule has 0 aliphatic heterocycles. The van der Waals surface area contributed by atoms with Crippen molar-refractivity contribution in [3.8, 4) is 0 Å². The number of aliphatic hydroxyl groups is 1. The average Bonchev–Trinajstić information content (AvgIpc) is 2.69. The normalized spacial score (nSPS) is 28.7. The maximum atomic E-state index is 9.55. The molecule has 1 aromatic heterocycles. The van der Waals surface area contributed by atoms with Crippen molar-refractivity contribution in [3.63, 3.8) is 0 Å². The van der Waals surface area contributed by atoms with Crippen molar-refractivity contribution in [2.45, 2.75) is 38.8 Å². The fourth-order valence-corrected chi connectivity index (χ4v) is 1.91. The lowest BCUT2D eigenvalue weighted by molar-refractivity contribution is -0.0721. The lowest BCUT2D eigenvalue weighted by atomic mass is 9.64. The minimum Gasteiger partial charge on any atom is -0.392 e. The van der Waals surface area contributed by atoms with E-state index in [2.05, 4.69) is 33.8 Å². The standard InChI is InChI=1S/C10H17N3O2/c1-10(2)7(5-8(10)14)11-4-3-9-12-6-15-13-9/h6-8,11,14H,3-5H2,1-2H3. The van der Waals surface area contributed by atoms with Crippen molar-refractivity contribution >= 4 is 0 Å². The summed E-state index contributed by atoms with van der Waals surface area (Å²) in [7, 11) is 0. The van der Waals surface area contributed by atoms with Crippen LogP contribution in [-0.2, 0) is 6.42 Å². The van der Waals surface area contributed by atoms with Crippen LogP contribution in [0.1, 0.15) is 26.1 Å². The Labute approximate surface area is 88.9 Å². The highest BCUT2D eigenvalue weighted by Gasteiger charge is 2.46. The molecule has 0 radical (unpaired) electrons. The molecule has 1 aliphatic carbocycles. The van der Waals surface area contributed by atoms with E-state index in [-0.39, 0.29) is 11.5 Å². The molecule has 1 aromatic rings. The van der Waals surface area contributed by atoms with Gasteiger partial charge in [0.25, 0.3) is 0 Å². The Bertz CT molecular complexity index is 310. The van der Waals surface area contributed by atoms with E-state index in [0.717, 1.165) is 25.2 Å². The van der Waals surface area contributed by atoms with Crippen molar-refractivity contribution < 1.29 is 9.63 Å². The van der Waals surface area contributed by atoms with Crippen LogP contribution < -0.4 is 5.32 Å². The fraction of sp³-hybridized carbons (Fsp3) is 0.800. The molecular weight excluding hydrogens is 194 g/mol. The monoisotopic (exact) mass is 211 g/mol. The Kier molecular flexibility index (Phi) is 2.75. The lowest BCUT2D eigenvalue weighted by Gasteiger charge is -2.49. The molecule has 0 bridgehead atoms. The second-order valence-electron chi connectivity index (χ2n) is 4.68.